The molecule has 52 heavy (non-hydrogen) atoms. The number of nitrogens with two attached hydrogens (primary N) is 4. The summed E-state index contributed by atoms with van der Waals surface area (Å²) in [5.74, 6) is -5.48. The van der Waals surface area contributed by atoms with Crippen LogP contribution in [0.25, 0.3) is 0 Å². The van der Waals surface area contributed by atoms with Crippen LogP contribution in [-0.2, 0) is 65.4 Å². The second-order valence-electron chi connectivity index (χ2n) is 11.4. The van der Waals surface area contributed by atoms with Gasteiger partial charge in [0, 0.05) is 25.9 Å². The molecule has 0 saturated carbocycles. The molecule has 0 bridgehead atoms. The fourth-order valence-electron chi connectivity index (χ4n) is 4.42. The predicted octanol–water partition coefficient (Wildman–Crippen LogP) is -5.09. The maximum atomic E-state index is 13.1. The van der Waals surface area contributed by atoms with Crippen LogP contribution in [0.4, 0.5) is 0 Å². The number of phenols is 1. The standard InChI is InChI=1S/C31H52N10O8S.O.Tc/c1-18(42)38-24(14-19-8-10-20(43)11-9-19)29(47)37-16-26(44)36-15-21(34)28(46)40-23(7-3-5-13-33)30(48)41-25(17-50)31(49)39-22(27(35)45)6-2-4-12-32;;/h8-11,21-25,43,50H,2-7,12-17,32-34H2,1H3,(H2,35,45)(H,36,44)(H,37,47)(H,38,42)(H,39,49)(H,40,46)(H,41,48);;/q;;+3/p-3/t21-,22-,23-,24-,25-;;/m0../s1/i;;1+1. The quantitative estimate of drug-likeness (QED) is 0.0204. The van der Waals surface area contributed by atoms with E-state index >= 15 is 0 Å². The van der Waals surface area contributed by atoms with Crippen LogP contribution in [-0.4, -0.2) is 109 Å². The van der Waals surface area contributed by atoms with Crippen LogP contribution < -0.4 is 54.4 Å². The molecule has 0 saturated heterocycles. The average Bonchev–Trinajstić information content (AvgIpc) is 3.11. The van der Waals surface area contributed by atoms with Gasteiger partial charge in [-0.2, -0.15) is 0 Å². The topological polar surface area (TPSA) is 346 Å². The number of hydrogen-bond donors (Lipinski definition) is 9. The molecule has 1 aromatic carbocycles. The Labute approximate surface area is 318 Å². The van der Waals surface area contributed by atoms with Gasteiger partial charge < -0.3 is 72.2 Å². The molecular weight excluding hydrogens is 787 g/mol. The van der Waals surface area contributed by atoms with Crippen LogP contribution in [0.1, 0.15) is 51.0 Å². The SMILES string of the molecule is CC(=O)N[C@@H](Cc1ccc(O)cc1)C(=O)NCC(=O)NC[C@H](N)C([O-])=N[C@@H](CCCCN)C([O-])=N[C@@H](C[S-])C(=O)N[C@@H](CCCCN)C(N)=O.[O]=[99Tc+3]. The third kappa shape index (κ3) is 20.1. The summed E-state index contributed by atoms with van der Waals surface area (Å²) in [6.07, 6.45) is 2.43. The Morgan fingerprint density at radius 1 is 0.846 bits per heavy atom. The summed E-state index contributed by atoms with van der Waals surface area (Å²) in [5, 5.41) is 45.2. The first-order valence-corrected chi connectivity index (χ1v) is 17.6. The van der Waals surface area contributed by atoms with Crippen molar-refractivity contribution < 1.29 is 61.7 Å². The number of carbonyl (C=O) groups excluding carboxylic acids is 5. The van der Waals surface area contributed by atoms with Gasteiger partial charge in [-0.15, -0.1) is 5.75 Å². The van der Waals surface area contributed by atoms with E-state index in [1.807, 2.05) is 0 Å². The summed E-state index contributed by atoms with van der Waals surface area (Å²) < 4.78 is 8.22. The van der Waals surface area contributed by atoms with Crippen LogP contribution in [0.15, 0.2) is 34.3 Å². The van der Waals surface area contributed by atoms with E-state index in [1.165, 1.54) is 19.1 Å². The van der Waals surface area contributed by atoms with Crippen molar-refractivity contribution in [3.05, 3.63) is 29.8 Å². The van der Waals surface area contributed by atoms with E-state index in [4.69, 9.17) is 39.1 Å². The van der Waals surface area contributed by atoms with Gasteiger partial charge in [0.25, 0.3) is 0 Å². The number of benzene rings is 1. The molecule has 0 spiro atoms. The molecule has 0 aliphatic heterocycles. The van der Waals surface area contributed by atoms with Crippen molar-refractivity contribution in [2.45, 2.75) is 82.1 Å². The summed E-state index contributed by atoms with van der Waals surface area (Å²) >= 11 is 5.91. The maximum absolute atomic E-state index is 13.1. The number of amides is 5. The second kappa shape index (κ2) is 27.6. The van der Waals surface area contributed by atoms with Gasteiger partial charge in [0.15, 0.2) is 0 Å². The van der Waals surface area contributed by atoms with Crippen molar-refractivity contribution in [3.63, 3.8) is 0 Å². The van der Waals surface area contributed by atoms with Crippen molar-refractivity contribution >= 4 is 54.0 Å². The number of aliphatic imine (C=N–C) groups is 2. The first kappa shape index (κ1) is 48.0. The molecule has 0 aromatic heterocycles. The van der Waals surface area contributed by atoms with Gasteiger partial charge in [0.2, 0.25) is 29.5 Å². The summed E-state index contributed by atoms with van der Waals surface area (Å²) in [7, 11) is 0. The molecule has 13 N–H and O–H groups in total. The van der Waals surface area contributed by atoms with Crippen LogP contribution in [0, 0.1) is 0 Å². The van der Waals surface area contributed by atoms with E-state index in [-0.39, 0.29) is 30.8 Å². The number of rotatable bonds is 24. The molecule has 1 rings (SSSR count). The molecule has 0 unspecified atom stereocenters. The summed E-state index contributed by atoms with van der Waals surface area (Å²) in [6, 6.07) is -0.0366. The predicted molar refractivity (Wildman–Crippen MR) is 186 cm³/mol. The zero-order valence-electron chi connectivity index (χ0n) is 28.9. The zero-order chi connectivity index (χ0) is 39.6. The molecule has 0 heterocycles. The molecule has 5 atom stereocenters. The fraction of sp³-hybridized carbons (Fsp3) is 0.581. The number of nitrogens with zero attached hydrogens (tertiary/aromatic N) is 2. The third-order valence-corrected chi connectivity index (χ3v) is 7.50. The molecule has 5 amide bonds. The van der Waals surface area contributed by atoms with Crippen molar-refractivity contribution in [2.24, 2.45) is 32.9 Å². The van der Waals surface area contributed by atoms with E-state index in [0.29, 0.717) is 44.3 Å². The number of hydrogen-bond acceptors (Lipinski definition) is 15. The van der Waals surface area contributed by atoms with Gasteiger partial charge in [0.1, 0.15) is 23.9 Å². The normalized spacial score (nSPS) is 14.3. The Bertz CT molecular complexity index is 1340. The average molecular weight is 837 g/mol. The molecular formula is C31H49N10O9STc. The number of aromatic hydroxyl groups is 1. The Morgan fingerprint density at radius 3 is 1.96 bits per heavy atom. The van der Waals surface area contributed by atoms with E-state index in [0.717, 1.165) is 18.9 Å². The van der Waals surface area contributed by atoms with Gasteiger partial charge in [-0.3, -0.25) is 34.0 Å². The van der Waals surface area contributed by atoms with Gasteiger partial charge in [0.05, 0.1) is 12.6 Å². The van der Waals surface area contributed by atoms with Crippen molar-refractivity contribution in [3.8, 4) is 5.75 Å². The Kier molecular flexibility index (Phi) is 25.5. The third-order valence-electron chi connectivity index (χ3n) is 7.18. The molecule has 290 valence electrons. The second-order valence-corrected chi connectivity index (χ2v) is 11.8. The molecule has 0 aliphatic carbocycles. The first-order valence-electron chi connectivity index (χ1n) is 16.3. The molecule has 0 aliphatic rings. The van der Waals surface area contributed by atoms with Crippen molar-refractivity contribution in [1.29, 1.82) is 0 Å². The first-order chi connectivity index (χ1) is 24.7. The number of nitrogens with one attached hydrogen (secondary N) is 4. The Balaban J connectivity index is 0.0000128. The van der Waals surface area contributed by atoms with Gasteiger partial charge >= 0.3 is 22.4 Å². The van der Waals surface area contributed by atoms with Gasteiger partial charge in [-0.05, 0) is 81.1 Å². The fourth-order valence-corrected chi connectivity index (χ4v) is 4.64. The van der Waals surface area contributed by atoms with E-state index < -0.39 is 84.6 Å². The summed E-state index contributed by atoms with van der Waals surface area (Å²) in [5.41, 5.74) is 23.0. The van der Waals surface area contributed by atoms with E-state index in [9.17, 15) is 39.3 Å². The van der Waals surface area contributed by atoms with E-state index in [1.54, 1.807) is 12.1 Å². The molecule has 19 nitrogen and oxygen atoms in total. The molecule has 0 radical (unpaired) electrons. The molecule has 1 aromatic rings. The van der Waals surface area contributed by atoms with Crippen LogP contribution in [0.2, 0.25) is 0 Å². The van der Waals surface area contributed by atoms with Crippen LogP contribution in [0.5, 0.6) is 5.75 Å². The van der Waals surface area contributed by atoms with Gasteiger partial charge in [-0.25, -0.2) is 0 Å². The van der Waals surface area contributed by atoms with Gasteiger partial charge in [-0.1, -0.05) is 12.1 Å². The number of phenolic OH excluding ortho intramolecular Hbond substituents is 1. The van der Waals surface area contributed by atoms with Crippen LogP contribution >= 0.6 is 0 Å². The zero-order valence-corrected chi connectivity index (χ0v) is 31.6. The molecule has 0 fully saturated rings. The summed E-state index contributed by atoms with van der Waals surface area (Å²) in [4.78, 5) is 69.2. The number of unbranched alkanes of at least 4 members (excludes halogenated alkanes) is 2. The van der Waals surface area contributed by atoms with Crippen LogP contribution in [0.3, 0.4) is 0 Å². The monoisotopic (exact) mass is 836 g/mol. The number of carbonyl (C=O) groups is 5. The Morgan fingerprint density at radius 2 is 1.42 bits per heavy atom. The molecule has 21 heteroatoms. The minimum atomic E-state index is -1.37. The summed E-state index contributed by atoms with van der Waals surface area (Å²) in [6.45, 7) is 1.05. The van der Waals surface area contributed by atoms with Crippen molar-refractivity contribution in [2.75, 3.05) is 31.9 Å². The Hall–Kier alpha value is -4.01. The number of primary amides is 1. The van der Waals surface area contributed by atoms with Crippen molar-refractivity contribution in [1.82, 2.24) is 21.3 Å². The minimum absolute atomic E-state index is 0.0334. The van der Waals surface area contributed by atoms with E-state index in [2.05, 4.69) is 31.3 Å².